The lowest BCUT2D eigenvalue weighted by atomic mass is 10.1. The Kier molecular flexibility index (Phi) is 3.65. The van der Waals surface area contributed by atoms with Gasteiger partial charge in [0.25, 0.3) is 0 Å². The number of aromatic carboxylic acids is 1. The van der Waals surface area contributed by atoms with E-state index in [1.807, 2.05) is 18.2 Å². The number of nitrogens with zero attached hydrogens (tertiary/aromatic N) is 2. The highest BCUT2D eigenvalue weighted by atomic mass is 16.5. The average molecular weight is 345 g/mol. The smallest absolute Gasteiger partial charge is 0.338 e. The van der Waals surface area contributed by atoms with Gasteiger partial charge in [-0.2, -0.15) is 0 Å². The first-order valence-corrected chi connectivity index (χ1v) is 7.94. The van der Waals surface area contributed by atoms with Crippen LogP contribution in [-0.2, 0) is 0 Å². The van der Waals surface area contributed by atoms with Gasteiger partial charge in [-0.3, -0.25) is 0 Å². The monoisotopic (exact) mass is 345 g/mol. The Morgan fingerprint density at radius 3 is 2.65 bits per heavy atom. The maximum absolute atomic E-state index is 11.8. The average Bonchev–Trinajstić information content (AvgIpc) is 2.66. The number of rotatable bonds is 3. The van der Waals surface area contributed by atoms with E-state index in [0.717, 1.165) is 10.8 Å². The van der Waals surface area contributed by atoms with E-state index < -0.39 is 5.97 Å². The van der Waals surface area contributed by atoms with Crippen LogP contribution in [-0.4, -0.2) is 28.2 Å². The lowest BCUT2D eigenvalue weighted by Crippen LogP contribution is -2.03. The summed E-state index contributed by atoms with van der Waals surface area (Å²) in [5.74, 6) is -0.405. The molecule has 0 aliphatic carbocycles. The quantitative estimate of drug-likeness (QED) is 0.549. The summed E-state index contributed by atoms with van der Waals surface area (Å²) < 4.78 is 5.23. The zero-order valence-electron chi connectivity index (χ0n) is 13.9. The number of benzene rings is 2. The first-order chi connectivity index (χ1) is 12.6. The molecular formula is C20H15N3O3. The number of fused-ring (bicyclic) bond motifs is 2. The second kappa shape index (κ2) is 6.00. The number of ether oxygens (including phenoxy) is 1. The van der Waals surface area contributed by atoms with Crippen molar-refractivity contribution < 1.29 is 14.6 Å². The van der Waals surface area contributed by atoms with Crippen molar-refractivity contribution in [3.8, 4) is 17.1 Å². The molecule has 2 heterocycles. The van der Waals surface area contributed by atoms with Crippen LogP contribution in [0.3, 0.4) is 0 Å². The largest absolute Gasteiger partial charge is 0.497 e. The number of carbonyl (C=O) groups is 1. The minimum atomic E-state index is -1.06. The Morgan fingerprint density at radius 1 is 1.04 bits per heavy atom. The van der Waals surface area contributed by atoms with E-state index in [9.17, 15) is 9.90 Å². The van der Waals surface area contributed by atoms with Crippen molar-refractivity contribution in [3.63, 3.8) is 0 Å². The molecule has 0 aliphatic heterocycles. The normalized spacial score (nSPS) is 11.0. The molecule has 0 unspecified atom stereocenters. The lowest BCUT2D eigenvalue weighted by Gasteiger charge is -2.10. The molecule has 6 nitrogen and oxygen atoms in total. The summed E-state index contributed by atoms with van der Waals surface area (Å²) in [6.07, 6.45) is 0. The first kappa shape index (κ1) is 15.8. The predicted molar refractivity (Wildman–Crippen MR) is 100 cm³/mol. The van der Waals surface area contributed by atoms with E-state index in [-0.39, 0.29) is 5.56 Å². The molecule has 0 fully saturated rings. The highest BCUT2D eigenvalue weighted by Gasteiger charge is 2.17. The Labute approximate surface area is 148 Å². The second-order valence-electron chi connectivity index (χ2n) is 5.86. The van der Waals surface area contributed by atoms with Gasteiger partial charge in [-0.05, 0) is 42.5 Å². The van der Waals surface area contributed by atoms with Crippen molar-refractivity contribution in [3.05, 3.63) is 60.2 Å². The Bertz CT molecular complexity index is 1170. The summed E-state index contributed by atoms with van der Waals surface area (Å²) in [7, 11) is 1.57. The molecule has 0 atom stereocenters. The van der Waals surface area contributed by atoms with Crippen molar-refractivity contribution in [2.75, 3.05) is 12.8 Å². The molecule has 0 saturated heterocycles. The minimum absolute atomic E-state index is 0.0958. The van der Waals surface area contributed by atoms with E-state index >= 15 is 0 Å². The number of aromatic nitrogens is 2. The second-order valence-corrected chi connectivity index (χ2v) is 5.86. The lowest BCUT2D eigenvalue weighted by molar-refractivity contribution is 0.0697. The molecule has 0 saturated carbocycles. The van der Waals surface area contributed by atoms with Gasteiger partial charge in [0.05, 0.1) is 29.4 Å². The van der Waals surface area contributed by atoms with Crippen molar-refractivity contribution in [2.24, 2.45) is 0 Å². The summed E-state index contributed by atoms with van der Waals surface area (Å²) in [6, 6.07) is 15.9. The summed E-state index contributed by atoms with van der Waals surface area (Å²) in [5, 5.41) is 11.2. The van der Waals surface area contributed by atoms with Crippen molar-refractivity contribution >= 4 is 33.5 Å². The van der Waals surface area contributed by atoms with Crippen LogP contribution in [0.15, 0.2) is 54.6 Å². The van der Waals surface area contributed by atoms with Gasteiger partial charge in [0.15, 0.2) is 0 Å². The summed E-state index contributed by atoms with van der Waals surface area (Å²) >= 11 is 0. The fraction of sp³-hybridized carbons (Fsp3) is 0.0500. The zero-order valence-corrected chi connectivity index (χ0v) is 13.9. The summed E-state index contributed by atoms with van der Waals surface area (Å²) in [4.78, 5) is 20.9. The predicted octanol–water partition coefficient (Wildman–Crippen LogP) is 3.74. The number of nitrogen functional groups attached to an aromatic ring is 1. The van der Waals surface area contributed by atoms with Crippen LogP contribution in [0, 0.1) is 0 Å². The van der Waals surface area contributed by atoms with E-state index in [4.69, 9.17) is 10.5 Å². The molecule has 6 heteroatoms. The molecule has 4 aromatic rings. The maximum atomic E-state index is 11.8. The van der Waals surface area contributed by atoms with Gasteiger partial charge in [0, 0.05) is 22.5 Å². The molecule has 0 aliphatic rings. The molecular weight excluding hydrogens is 330 g/mol. The zero-order chi connectivity index (χ0) is 18.3. The number of hydrogen-bond acceptors (Lipinski definition) is 5. The molecule has 128 valence electrons. The van der Waals surface area contributed by atoms with Gasteiger partial charge >= 0.3 is 5.97 Å². The Morgan fingerprint density at radius 2 is 1.88 bits per heavy atom. The molecule has 2 aromatic carbocycles. The molecule has 4 rings (SSSR count). The van der Waals surface area contributed by atoms with E-state index in [0.29, 0.717) is 33.9 Å². The number of anilines is 1. The molecule has 3 N–H and O–H groups in total. The van der Waals surface area contributed by atoms with Gasteiger partial charge in [0.1, 0.15) is 11.4 Å². The third kappa shape index (κ3) is 2.57. The fourth-order valence-electron chi connectivity index (χ4n) is 2.94. The number of nitrogens with two attached hydrogens (primary N) is 1. The third-order valence-electron chi connectivity index (χ3n) is 4.26. The van der Waals surface area contributed by atoms with E-state index in [1.165, 1.54) is 0 Å². The minimum Gasteiger partial charge on any atom is -0.497 e. The molecule has 2 aromatic heterocycles. The molecule has 0 bridgehead atoms. The van der Waals surface area contributed by atoms with Crippen LogP contribution in [0.2, 0.25) is 0 Å². The molecule has 0 amide bonds. The highest BCUT2D eigenvalue weighted by Crippen LogP contribution is 2.29. The summed E-state index contributed by atoms with van der Waals surface area (Å²) in [6.45, 7) is 0. The van der Waals surface area contributed by atoms with Crippen LogP contribution in [0.4, 0.5) is 5.69 Å². The van der Waals surface area contributed by atoms with Crippen molar-refractivity contribution in [1.82, 2.24) is 9.97 Å². The number of carboxylic acid groups (broad SMARTS) is 1. The van der Waals surface area contributed by atoms with Gasteiger partial charge in [-0.15, -0.1) is 0 Å². The van der Waals surface area contributed by atoms with Crippen LogP contribution in [0.5, 0.6) is 5.75 Å². The van der Waals surface area contributed by atoms with Crippen molar-refractivity contribution in [2.45, 2.75) is 0 Å². The molecule has 26 heavy (non-hydrogen) atoms. The standard InChI is InChI=1S/C20H15N3O3/c1-26-12-6-5-11-9-14(20(24)25)19(23-18(11)10-12)17-8-7-13-15(21)3-2-4-16(13)22-17/h2-10H,21H2,1H3,(H,24,25). The fourth-order valence-corrected chi connectivity index (χ4v) is 2.94. The highest BCUT2D eigenvalue weighted by molar-refractivity contribution is 6.00. The third-order valence-corrected chi connectivity index (χ3v) is 4.26. The van der Waals surface area contributed by atoms with Crippen LogP contribution < -0.4 is 10.5 Å². The van der Waals surface area contributed by atoms with Gasteiger partial charge in [-0.25, -0.2) is 14.8 Å². The summed E-state index contributed by atoms with van der Waals surface area (Å²) in [5.41, 5.74) is 8.79. The van der Waals surface area contributed by atoms with E-state index in [1.54, 1.807) is 43.5 Å². The van der Waals surface area contributed by atoms with Crippen LogP contribution >= 0.6 is 0 Å². The SMILES string of the molecule is COc1ccc2cc(C(=O)O)c(-c3ccc4c(N)cccc4n3)nc2c1. The Balaban J connectivity index is 1.99. The van der Waals surface area contributed by atoms with Gasteiger partial charge < -0.3 is 15.6 Å². The Hall–Kier alpha value is -3.67. The van der Waals surface area contributed by atoms with Crippen LogP contribution in [0.1, 0.15) is 10.4 Å². The topological polar surface area (TPSA) is 98.3 Å². The van der Waals surface area contributed by atoms with E-state index in [2.05, 4.69) is 9.97 Å². The number of methoxy groups -OCH3 is 1. The van der Waals surface area contributed by atoms with Crippen LogP contribution in [0.25, 0.3) is 33.2 Å². The van der Waals surface area contributed by atoms with Crippen molar-refractivity contribution in [1.29, 1.82) is 0 Å². The van der Waals surface area contributed by atoms with Gasteiger partial charge in [-0.1, -0.05) is 6.07 Å². The number of carboxylic acids is 1. The van der Waals surface area contributed by atoms with Gasteiger partial charge in [0.2, 0.25) is 0 Å². The molecule has 0 radical (unpaired) electrons. The maximum Gasteiger partial charge on any atom is 0.338 e. The number of pyridine rings is 2. The number of hydrogen-bond donors (Lipinski definition) is 2. The first-order valence-electron chi connectivity index (χ1n) is 7.94. The molecule has 0 spiro atoms.